The number of rotatable bonds is 3. The van der Waals surface area contributed by atoms with E-state index in [-0.39, 0.29) is 30.3 Å². The molecule has 4 rings (SSSR count). The minimum Gasteiger partial charge on any atom is -0.489 e. The Bertz CT molecular complexity index is 1190. The molecule has 2 aliphatic rings. The zero-order valence-electron chi connectivity index (χ0n) is 23.2. The highest BCUT2D eigenvalue weighted by molar-refractivity contribution is 5.93. The third kappa shape index (κ3) is 7.57. The van der Waals surface area contributed by atoms with Gasteiger partial charge in [-0.2, -0.15) is 0 Å². The number of para-hydroxylation sites is 1. The number of carbonyl (C=O) groups excluding carboxylic acids is 3. The van der Waals surface area contributed by atoms with Crippen LogP contribution in [0.5, 0.6) is 5.75 Å². The van der Waals surface area contributed by atoms with Crippen molar-refractivity contribution in [2.24, 2.45) is 5.92 Å². The highest BCUT2D eigenvalue weighted by Crippen LogP contribution is 2.34. The van der Waals surface area contributed by atoms with Crippen molar-refractivity contribution in [1.82, 2.24) is 20.9 Å². The number of amides is 3. The fourth-order valence-corrected chi connectivity index (χ4v) is 4.91. The minimum absolute atomic E-state index is 0.162. The topological polar surface area (TPSA) is 120 Å². The normalized spacial score (nSPS) is 28.8. The monoisotopic (exact) mass is 554 g/mol. The minimum atomic E-state index is -0.918. The number of hydrogen-bond acceptors (Lipinski definition) is 6. The number of fused-ring (bicyclic) bond motifs is 1. The van der Waals surface area contributed by atoms with E-state index in [1.807, 2.05) is 31.2 Å². The molecule has 1 aliphatic heterocycles. The molecule has 10 heteroatoms. The predicted octanol–water partition coefficient (Wildman–Crippen LogP) is 1.57. The molecule has 0 spiro atoms. The van der Waals surface area contributed by atoms with E-state index >= 15 is 0 Å². The van der Waals surface area contributed by atoms with Crippen LogP contribution in [0.25, 0.3) is 0 Å². The van der Waals surface area contributed by atoms with Gasteiger partial charge in [0.1, 0.15) is 29.8 Å². The number of ether oxygens (including phenoxy) is 1. The fourth-order valence-electron chi connectivity index (χ4n) is 4.91. The quantitative estimate of drug-likeness (QED) is 0.457. The Morgan fingerprint density at radius 1 is 1.05 bits per heavy atom. The van der Waals surface area contributed by atoms with Crippen LogP contribution in [0.3, 0.4) is 0 Å². The Hall–Kier alpha value is -3.50. The highest BCUT2D eigenvalue weighted by Gasteiger charge is 2.46. The van der Waals surface area contributed by atoms with Crippen LogP contribution in [-0.4, -0.2) is 78.2 Å². The third-order valence-electron chi connectivity index (χ3n) is 7.64. The number of nitrogens with one attached hydrogen (secondary N) is 3. The van der Waals surface area contributed by atoms with Crippen LogP contribution in [0.1, 0.15) is 37.8 Å². The van der Waals surface area contributed by atoms with Crippen molar-refractivity contribution in [2.75, 3.05) is 20.1 Å². The SMILES string of the molecule is C[C@@H]1CN[C@@H](C2CC2O)C(=O)N(C)[C@H](C)C(=O)N[C@H](Cc2ccc(F)cc2)C(=O)NCCCc2ccccc2O1. The Balaban J connectivity index is 1.57. The van der Waals surface area contributed by atoms with Gasteiger partial charge in [-0.3, -0.25) is 14.4 Å². The molecule has 2 aromatic carbocycles. The van der Waals surface area contributed by atoms with Gasteiger partial charge in [-0.05, 0) is 62.4 Å². The maximum atomic E-state index is 13.5. The first kappa shape index (κ1) is 29.5. The van der Waals surface area contributed by atoms with E-state index in [2.05, 4.69) is 16.0 Å². The summed E-state index contributed by atoms with van der Waals surface area (Å²) in [6.45, 7) is 4.27. The number of likely N-dealkylation sites (N-methyl/N-ethyl adjacent to an activating group) is 1. The number of carbonyl (C=O) groups is 3. The van der Waals surface area contributed by atoms with Crippen LogP contribution < -0.4 is 20.7 Å². The molecule has 1 saturated carbocycles. The zero-order valence-corrected chi connectivity index (χ0v) is 23.2. The number of benzene rings is 2. The van der Waals surface area contributed by atoms with E-state index in [4.69, 9.17) is 4.74 Å². The molecule has 0 bridgehead atoms. The van der Waals surface area contributed by atoms with E-state index in [9.17, 15) is 23.9 Å². The summed E-state index contributed by atoms with van der Waals surface area (Å²) in [5.41, 5.74) is 1.69. The second-order valence-electron chi connectivity index (χ2n) is 10.8. The summed E-state index contributed by atoms with van der Waals surface area (Å²) in [6.07, 6.45) is 1.14. The van der Waals surface area contributed by atoms with Crippen molar-refractivity contribution < 1.29 is 28.6 Å². The smallest absolute Gasteiger partial charge is 0.243 e. The van der Waals surface area contributed by atoms with Gasteiger partial charge in [-0.15, -0.1) is 0 Å². The van der Waals surface area contributed by atoms with Crippen molar-refractivity contribution in [1.29, 1.82) is 0 Å². The van der Waals surface area contributed by atoms with Gasteiger partial charge in [0.05, 0.1) is 12.1 Å². The second-order valence-corrected chi connectivity index (χ2v) is 10.8. The fraction of sp³-hybridized carbons (Fsp3) is 0.500. The van der Waals surface area contributed by atoms with Crippen LogP contribution in [0, 0.1) is 11.7 Å². The van der Waals surface area contributed by atoms with Gasteiger partial charge in [-0.25, -0.2) is 4.39 Å². The number of aliphatic hydroxyl groups excluding tert-OH is 1. The van der Waals surface area contributed by atoms with Crippen LogP contribution in [0.4, 0.5) is 4.39 Å². The molecule has 3 amide bonds. The molecule has 0 aromatic heterocycles. The highest BCUT2D eigenvalue weighted by atomic mass is 19.1. The number of aryl methyl sites for hydroxylation is 1. The second kappa shape index (κ2) is 13.2. The molecule has 216 valence electrons. The molecule has 2 unspecified atom stereocenters. The van der Waals surface area contributed by atoms with Crippen LogP contribution in [0.2, 0.25) is 0 Å². The van der Waals surface area contributed by atoms with E-state index in [0.29, 0.717) is 37.9 Å². The maximum absolute atomic E-state index is 13.5. The summed E-state index contributed by atoms with van der Waals surface area (Å²) in [6, 6.07) is 11.0. The molecule has 1 heterocycles. The largest absolute Gasteiger partial charge is 0.489 e. The van der Waals surface area contributed by atoms with Crippen molar-refractivity contribution in [3.05, 3.63) is 65.5 Å². The lowest BCUT2D eigenvalue weighted by Gasteiger charge is -2.31. The van der Waals surface area contributed by atoms with Gasteiger partial charge in [0.15, 0.2) is 0 Å². The van der Waals surface area contributed by atoms with E-state index in [0.717, 1.165) is 11.3 Å². The molecule has 0 radical (unpaired) electrons. The average molecular weight is 555 g/mol. The van der Waals surface area contributed by atoms with E-state index < -0.39 is 36.0 Å². The van der Waals surface area contributed by atoms with Crippen LogP contribution in [0.15, 0.2) is 48.5 Å². The van der Waals surface area contributed by atoms with Crippen molar-refractivity contribution in [3.8, 4) is 5.75 Å². The molecule has 1 fully saturated rings. The summed E-state index contributed by atoms with van der Waals surface area (Å²) < 4.78 is 19.7. The van der Waals surface area contributed by atoms with E-state index in [1.165, 1.54) is 17.0 Å². The number of halogens is 1. The van der Waals surface area contributed by atoms with Gasteiger partial charge in [0, 0.05) is 32.5 Å². The Morgan fingerprint density at radius 3 is 2.45 bits per heavy atom. The predicted molar refractivity (Wildman–Crippen MR) is 148 cm³/mol. The Kier molecular flexibility index (Phi) is 9.76. The molecule has 40 heavy (non-hydrogen) atoms. The van der Waals surface area contributed by atoms with Crippen LogP contribution >= 0.6 is 0 Å². The molecular weight excluding hydrogens is 515 g/mol. The first-order chi connectivity index (χ1) is 19.1. The third-order valence-corrected chi connectivity index (χ3v) is 7.64. The molecule has 0 saturated heterocycles. The van der Waals surface area contributed by atoms with Crippen molar-refractivity contribution in [2.45, 2.75) is 69.9 Å². The molecule has 4 N–H and O–H groups in total. The summed E-state index contributed by atoms with van der Waals surface area (Å²) in [7, 11) is 1.54. The molecular formula is C30H39FN4O5. The van der Waals surface area contributed by atoms with Crippen molar-refractivity contribution in [3.63, 3.8) is 0 Å². The maximum Gasteiger partial charge on any atom is 0.243 e. The lowest BCUT2D eigenvalue weighted by atomic mass is 10.0. The molecule has 1 aliphatic carbocycles. The lowest BCUT2D eigenvalue weighted by molar-refractivity contribution is -0.141. The van der Waals surface area contributed by atoms with Gasteiger partial charge < -0.3 is 30.7 Å². The average Bonchev–Trinajstić information content (AvgIpc) is 3.66. The number of nitrogens with zero attached hydrogens (tertiary/aromatic N) is 1. The molecule has 2 aromatic rings. The summed E-state index contributed by atoms with van der Waals surface area (Å²) in [4.78, 5) is 41.3. The van der Waals surface area contributed by atoms with Gasteiger partial charge in [0.25, 0.3) is 0 Å². The Labute approximate surface area is 234 Å². The summed E-state index contributed by atoms with van der Waals surface area (Å²) >= 11 is 0. The summed E-state index contributed by atoms with van der Waals surface area (Å²) in [5, 5.41) is 19.1. The lowest BCUT2D eigenvalue weighted by Crippen LogP contribution is -2.57. The van der Waals surface area contributed by atoms with Gasteiger partial charge in [0.2, 0.25) is 17.7 Å². The number of aliphatic hydroxyl groups is 1. The zero-order chi connectivity index (χ0) is 28.8. The molecule has 9 nitrogen and oxygen atoms in total. The Morgan fingerprint density at radius 2 is 1.75 bits per heavy atom. The van der Waals surface area contributed by atoms with Crippen molar-refractivity contribution >= 4 is 17.7 Å². The first-order valence-electron chi connectivity index (χ1n) is 13.9. The molecule has 6 atom stereocenters. The van der Waals surface area contributed by atoms with E-state index in [1.54, 1.807) is 26.1 Å². The first-order valence-corrected chi connectivity index (χ1v) is 13.9. The van der Waals surface area contributed by atoms with Gasteiger partial charge in [-0.1, -0.05) is 30.3 Å². The summed E-state index contributed by atoms with van der Waals surface area (Å²) in [5.74, 6) is -1.08. The van der Waals surface area contributed by atoms with Gasteiger partial charge >= 0.3 is 0 Å². The number of hydrogen-bond donors (Lipinski definition) is 4. The standard InChI is InChI=1S/C30H39FN4O5/c1-18-17-33-27(23-16-25(23)36)30(39)35(3)19(2)28(37)34-24(15-20-10-12-22(31)13-11-20)29(38)32-14-6-8-21-7-4-5-9-26(21)40-18/h4-5,7,9-13,18-19,23-25,27,33,36H,6,8,14-17H2,1-3H3,(H,32,38)(H,34,37)/t18-,19-,23?,24-,25?,27+/m1/s1. The van der Waals surface area contributed by atoms with Crippen LogP contribution in [-0.2, 0) is 27.2 Å².